The molecule has 0 radical (unpaired) electrons. The highest BCUT2D eigenvalue weighted by Crippen LogP contribution is 2.18. The fourth-order valence-corrected chi connectivity index (χ4v) is 1.83. The predicted octanol–water partition coefficient (Wildman–Crippen LogP) is 3.23. The second-order valence-corrected chi connectivity index (χ2v) is 5.83. The molecule has 1 aliphatic rings. The third kappa shape index (κ3) is 5.25. The molecule has 0 saturated heterocycles. The molecule has 1 aliphatic heterocycles. The van der Waals surface area contributed by atoms with Crippen LogP contribution in [0.2, 0.25) is 0 Å². The molecule has 6 heteroatoms. The van der Waals surface area contributed by atoms with Crippen LogP contribution < -0.4 is 5.32 Å². The van der Waals surface area contributed by atoms with Crippen LogP contribution in [0.25, 0.3) is 0 Å². The normalized spacial score (nSPS) is 17.7. The standard InChI is InChI=1S/C14H22ClN3O2/c1-6-7-11-8-10(12(15)17-18(11)5)9-16-13(19)20-14(2,3)4/h7-8H,6,9H2,1-5H3,(H,16,19)/b11-7-. The summed E-state index contributed by atoms with van der Waals surface area (Å²) < 4.78 is 5.17. The first-order valence-corrected chi connectivity index (χ1v) is 6.96. The Bertz CT molecular complexity index is 462. The van der Waals surface area contributed by atoms with Gasteiger partial charge in [0.05, 0.1) is 5.70 Å². The number of nitrogens with zero attached hydrogens (tertiary/aromatic N) is 2. The first-order valence-electron chi connectivity index (χ1n) is 6.58. The zero-order valence-corrected chi connectivity index (χ0v) is 13.4. The number of hydrogen-bond donors (Lipinski definition) is 1. The van der Waals surface area contributed by atoms with Crippen molar-refractivity contribution >= 4 is 22.9 Å². The van der Waals surface area contributed by atoms with Gasteiger partial charge in [-0.05, 0) is 33.3 Å². The van der Waals surface area contributed by atoms with Gasteiger partial charge in [-0.1, -0.05) is 24.6 Å². The molecule has 112 valence electrons. The number of nitrogens with one attached hydrogen (secondary N) is 1. The van der Waals surface area contributed by atoms with Crippen LogP contribution in [0.3, 0.4) is 0 Å². The van der Waals surface area contributed by atoms with Crippen molar-refractivity contribution < 1.29 is 9.53 Å². The molecule has 0 aromatic rings. The number of ether oxygens (including phenoxy) is 1. The van der Waals surface area contributed by atoms with Crippen molar-refractivity contribution in [2.45, 2.75) is 39.7 Å². The highest BCUT2D eigenvalue weighted by molar-refractivity contribution is 6.69. The Hall–Kier alpha value is -1.49. The van der Waals surface area contributed by atoms with Gasteiger partial charge in [0.1, 0.15) is 5.60 Å². The van der Waals surface area contributed by atoms with Crippen molar-refractivity contribution in [3.8, 4) is 0 Å². The third-order valence-electron chi connectivity index (χ3n) is 2.43. The summed E-state index contributed by atoms with van der Waals surface area (Å²) in [6.45, 7) is 7.78. The van der Waals surface area contributed by atoms with Gasteiger partial charge in [-0.25, -0.2) is 4.79 Å². The molecule has 1 amide bonds. The first-order chi connectivity index (χ1) is 9.23. The molecule has 0 aromatic carbocycles. The lowest BCUT2D eigenvalue weighted by Gasteiger charge is -2.23. The largest absolute Gasteiger partial charge is 0.444 e. The van der Waals surface area contributed by atoms with E-state index in [-0.39, 0.29) is 6.54 Å². The molecule has 0 saturated carbocycles. The van der Waals surface area contributed by atoms with E-state index in [2.05, 4.69) is 10.4 Å². The van der Waals surface area contributed by atoms with Gasteiger partial charge in [-0.2, -0.15) is 5.10 Å². The Morgan fingerprint density at radius 1 is 1.55 bits per heavy atom. The molecule has 20 heavy (non-hydrogen) atoms. The zero-order chi connectivity index (χ0) is 15.3. The highest BCUT2D eigenvalue weighted by atomic mass is 35.5. The van der Waals surface area contributed by atoms with Gasteiger partial charge in [-0.3, -0.25) is 5.01 Å². The molecule has 0 atom stereocenters. The molecule has 0 spiro atoms. The average molecular weight is 300 g/mol. The Labute approximate surface area is 125 Å². The Morgan fingerprint density at radius 2 is 2.20 bits per heavy atom. The summed E-state index contributed by atoms with van der Waals surface area (Å²) in [6, 6.07) is 0. The van der Waals surface area contributed by atoms with Crippen molar-refractivity contribution in [2.24, 2.45) is 5.10 Å². The van der Waals surface area contributed by atoms with Crippen LogP contribution in [-0.4, -0.2) is 35.5 Å². The Balaban J connectivity index is 2.67. The monoisotopic (exact) mass is 299 g/mol. The van der Waals surface area contributed by atoms with Crippen LogP contribution in [-0.2, 0) is 4.74 Å². The van der Waals surface area contributed by atoms with Crippen LogP contribution in [0.4, 0.5) is 4.79 Å². The molecule has 1 heterocycles. The van der Waals surface area contributed by atoms with Crippen LogP contribution in [0.15, 0.2) is 28.5 Å². The molecule has 0 bridgehead atoms. The van der Waals surface area contributed by atoms with E-state index in [1.807, 2.05) is 46.9 Å². The van der Waals surface area contributed by atoms with Crippen molar-refractivity contribution in [3.63, 3.8) is 0 Å². The maximum Gasteiger partial charge on any atom is 0.407 e. The van der Waals surface area contributed by atoms with Gasteiger partial charge in [0.15, 0.2) is 5.17 Å². The number of hydrazone groups is 1. The maximum absolute atomic E-state index is 11.6. The quantitative estimate of drug-likeness (QED) is 0.870. The van der Waals surface area contributed by atoms with E-state index in [9.17, 15) is 4.79 Å². The maximum atomic E-state index is 11.6. The fraction of sp³-hybridized carbons (Fsp3) is 0.571. The number of hydrogen-bond acceptors (Lipinski definition) is 4. The molecule has 0 unspecified atom stereocenters. The lowest BCUT2D eigenvalue weighted by Crippen LogP contribution is -2.34. The molecule has 0 aromatic heterocycles. The van der Waals surface area contributed by atoms with Crippen molar-refractivity contribution in [1.29, 1.82) is 0 Å². The summed E-state index contributed by atoms with van der Waals surface area (Å²) in [5.74, 6) is 0. The summed E-state index contributed by atoms with van der Waals surface area (Å²) >= 11 is 6.08. The third-order valence-corrected chi connectivity index (χ3v) is 2.75. The van der Waals surface area contributed by atoms with Crippen LogP contribution >= 0.6 is 11.6 Å². The van der Waals surface area contributed by atoms with Crippen molar-refractivity contribution in [1.82, 2.24) is 10.3 Å². The zero-order valence-electron chi connectivity index (χ0n) is 12.7. The smallest absolute Gasteiger partial charge is 0.407 e. The molecular formula is C14H22ClN3O2. The molecule has 0 aliphatic carbocycles. The minimum atomic E-state index is -0.517. The van der Waals surface area contributed by atoms with Gasteiger partial charge in [0.25, 0.3) is 0 Å². The van der Waals surface area contributed by atoms with Gasteiger partial charge in [0, 0.05) is 19.2 Å². The summed E-state index contributed by atoms with van der Waals surface area (Å²) in [7, 11) is 1.83. The van der Waals surface area contributed by atoms with E-state index in [1.165, 1.54) is 0 Å². The molecular weight excluding hydrogens is 278 g/mol. The van der Waals surface area contributed by atoms with E-state index in [1.54, 1.807) is 5.01 Å². The molecule has 1 N–H and O–H groups in total. The number of amides is 1. The van der Waals surface area contributed by atoms with Crippen LogP contribution in [0.5, 0.6) is 0 Å². The van der Waals surface area contributed by atoms with Crippen molar-refractivity contribution in [2.75, 3.05) is 13.6 Å². The summed E-state index contributed by atoms with van der Waals surface area (Å²) in [6.07, 6.45) is 4.38. The van der Waals surface area contributed by atoms with Crippen molar-refractivity contribution in [3.05, 3.63) is 23.4 Å². The van der Waals surface area contributed by atoms with E-state index < -0.39 is 11.7 Å². The van der Waals surface area contributed by atoms with Crippen LogP contribution in [0, 0.1) is 0 Å². The van der Waals surface area contributed by atoms with Gasteiger partial charge in [-0.15, -0.1) is 0 Å². The molecule has 0 fully saturated rings. The first kappa shape index (κ1) is 16.6. The predicted molar refractivity (Wildman–Crippen MR) is 81.7 cm³/mol. The number of likely N-dealkylation sites (N-methyl/N-ethyl adjacent to an activating group) is 1. The second-order valence-electron chi connectivity index (χ2n) is 5.48. The Kier molecular flexibility index (Phi) is 5.62. The lowest BCUT2D eigenvalue weighted by molar-refractivity contribution is 0.0533. The number of halogens is 1. The molecule has 5 nitrogen and oxygen atoms in total. The number of rotatable bonds is 3. The van der Waals surface area contributed by atoms with E-state index >= 15 is 0 Å². The summed E-state index contributed by atoms with van der Waals surface area (Å²) in [4.78, 5) is 11.6. The number of alkyl carbamates (subject to hydrolysis) is 1. The van der Waals surface area contributed by atoms with E-state index in [0.29, 0.717) is 5.17 Å². The van der Waals surface area contributed by atoms with E-state index in [4.69, 9.17) is 16.3 Å². The fourth-order valence-electron chi connectivity index (χ4n) is 1.59. The average Bonchev–Trinajstić information content (AvgIpc) is 2.29. The topological polar surface area (TPSA) is 53.9 Å². The van der Waals surface area contributed by atoms with Gasteiger partial charge in [0.2, 0.25) is 0 Å². The number of carbonyl (C=O) groups is 1. The van der Waals surface area contributed by atoms with Gasteiger partial charge >= 0.3 is 6.09 Å². The van der Waals surface area contributed by atoms with Crippen LogP contribution in [0.1, 0.15) is 34.1 Å². The molecule has 1 rings (SSSR count). The summed E-state index contributed by atoms with van der Waals surface area (Å²) in [5, 5.41) is 8.96. The minimum Gasteiger partial charge on any atom is -0.444 e. The Morgan fingerprint density at radius 3 is 2.75 bits per heavy atom. The SMILES string of the molecule is CC/C=C1/C=C(CNC(=O)OC(C)(C)C)C(Cl)=NN1C. The summed E-state index contributed by atoms with van der Waals surface area (Å²) in [5.41, 5.74) is 1.20. The lowest BCUT2D eigenvalue weighted by atomic mass is 10.2. The second kappa shape index (κ2) is 6.79. The highest BCUT2D eigenvalue weighted by Gasteiger charge is 2.18. The number of allylic oxidation sites excluding steroid dienone is 2. The minimum absolute atomic E-state index is 0.284. The van der Waals surface area contributed by atoms with E-state index in [0.717, 1.165) is 17.7 Å². The number of carbonyl (C=O) groups excluding carboxylic acids is 1. The van der Waals surface area contributed by atoms with Gasteiger partial charge < -0.3 is 10.1 Å².